The van der Waals surface area contributed by atoms with Crippen molar-refractivity contribution in [2.75, 3.05) is 0 Å². The van der Waals surface area contributed by atoms with Gasteiger partial charge in [-0.05, 0) is 105 Å². The van der Waals surface area contributed by atoms with Crippen LogP contribution in [0.2, 0.25) is 0 Å². The zero-order chi connectivity index (χ0) is 25.8. The standard InChI is InChI=1S/C30H22O3S4/c31-35-24-11-3-20(4-12-24)28-18-30(22-7-15-26(37-33)16-8-22)29(21-5-13-25(36-32)14-6-21)17-27(28)19-1-9-23(34)10-2-19/h1-18,31-34H. The van der Waals surface area contributed by atoms with Crippen LogP contribution in [0.15, 0.2) is 129 Å². The highest BCUT2D eigenvalue weighted by Crippen LogP contribution is 2.43. The first-order chi connectivity index (χ1) is 18.1. The van der Waals surface area contributed by atoms with Crippen LogP contribution < -0.4 is 0 Å². The number of benzene rings is 5. The predicted octanol–water partition coefficient (Wildman–Crippen LogP) is 10.3. The monoisotopic (exact) mass is 558 g/mol. The second-order valence-corrected chi connectivity index (χ2v) is 10.8. The molecule has 5 aromatic carbocycles. The minimum atomic E-state index is 0.727. The highest BCUT2D eigenvalue weighted by Gasteiger charge is 2.16. The third-order valence-electron chi connectivity index (χ3n) is 6.15. The van der Waals surface area contributed by atoms with Crippen molar-refractivity contribution >= 4 is 48.8 Å². The zero-order valence-corrected chi connectivity index (χ0v) is 22.7. The Morgan fingerprint density at radius 3 is 0.865 bits per heavy atom. The van der Waals surface area contributed by atoms with Gasteiger partial charge in [-0.1, -0.05) is 48.5 Å². The second kappa shape index (κ2) is 11.8. The highest BCUT2D eigenvalue weighted by atomic mass is 32.2. The Bertz CT molecular complexity index is 1500. The molecule has 0 aliphatic heterocycles. The van der Waals surface area contributed by atoms with Gasteiger partial charge in [0.05, 0.1) is 0 Å². The maximum Gasteiger partial charge on any atom is 0.0351 e. The Hall–Kier alpha value is -2.62. The van der Waals surface area contributed by atoms with Crippen molar-refractivity contribution in [3.63, 3.8) is 0 Å². The molecule has 0 aromatic heterocycles. The van der Waals surface area contributed by atoms with Crippen LogP contribution in [0.5, 0.6) is 0 Å². The van der Waals surface area contributed by atoms with E-state index in [0.29, 0.717) is 0 Å². The van der Waals surface area contributed by atoms with Crippen molar-refractivity contribution in [2.45, 2.75) is 19.6 Å². The van der Waals surface area contributed by atoms with Crippen molar-refractivity contribution in [2.24, 2.45) is 0 Å². The van der Waals surface area contributed by atoms with Crippen molar-refractivity contribution in [3.05, 3.63) is 109 Å². The van der Waals surface area contributed by atoms with E-state index < -0.39 is 0 Å². The van der Waals surface area contributed by atoms with Gasteiger partial charge >= 0.3 is 0 Å². The van der Waals surface area contributed by atoms with Crippen molar-refractivity contribution in [1.82, 2.24) is 0 Å². The van der Waals surface area contributed by atoms with Crippen LogP contribution in [0.3, 0.4) is 0 Å². The first-order valence-electron chi connectivity index (χ1n) is 11.3. The maximum atomic E-state index is 9.47. The molecule has 0 aliphatic rings. The van der Waals surface area contributed by atoms with E-state index in [1.54, 1.807) is 0 Å². The number of rotatable bonds is 7. The first-order valence-corrected chi connectivity index (χ1v) is 14.1. The van der Waals surface area contributed by atoms with Crippen LogP contribution in [0.4, 0.5) is 0 Å². The van der Waals surface area contributed by atoms with E-state index in [1.807, 2.05) is 84.9 Å². The molecule has 184 valence electrons. The van der Waals surface area contributed by atoms with E-state index in [2.05, 4.69) is 36.9 Å². The Morgan fingerprint density at radius 2 is 0.622 bits per heavy atom. The summed E-state index contributed by atoms with van der Waals surface area (Å²) in [5.41, 5.74) is 8.37. The minimum absolute atomic E-state index is 0.727. The lowest BCUT2D eigenvalue weighted by Gasteiger charge is -2.19. The molecule has 0 aliphatic carbocycles. The fourth-order valence-corrected chi connectivity index (χ4v) is 5.20. The molecule has 3 N–H and O–H groups in total. The predicted molar refractivity (Wildman–Crippen MR) is 161 cm³/mol. The average molecular weight is 559 g/mol. The van der Waals surface area contributed by atoms with Gasteiger partial charge in [0.15, 0.2) is 0 Å². The summed E-state index contributed by atoms with van der Waals surface area (Å²) in [5, 5.41) is 0. The molecule has 0 bridgehead atoms. The largest absolute Gasteiger partial charge is 0.325 e. The summed E-state index contributed by atoms with van der Waals surface area (Å²) in [4.78, 5) is 3.22. The van der Waals surface area contributed by atoms with E-state index in [4.69, 9.17) is 0 Å². The minimum Gasteiger partial charge on any atom is -0.325 e. The molecule has 7 heteroatoms. The van der Waals surface area contributed by atoms with Crippen LogP contribution in [-0.2, 0) is 0 Å². The average Bonchev–Trinajstić information content (AvgIpc) is 2.97. The SMILES string of the molecule is OSc1ccc(-c2cc(-c3ccc(SO)cc3)c(-c3ccc(SO)cc3)cc2-c2ccc(S)cc2)cc1. The summed E-state index contributed by atoms with van der Waals surface area (Å²) < 4.78 is 28.4. The molecule has 5 rings (SSSR count). The number of thiol groups is 1. The first kappa shape index (κ1) is 26.0. The van der Waals surface area contributed by atoms with E-state index in [-0.39, 0.29) is 0 Å². The molecule has 0 radical (unpaired) electrons. The molecule has 0 unspecified atom stereocenters. The molecule has 0 fully saturated rings. The van der Waals surface area contributed by atoms with Crippen LogP contribution in [0, 0.1) is 0 Å². The Morgan fingerprint density at radius 1 is 0.378 bits per heavy atom. The van der Waals surface area contributed by atoms with Gasteiger partial charge < -0.3 is 13.7 Å². The maximum absolute atomic E-state index is 9.47. The number of hydrogen-bond acceptors (Lipinski definition) is 7. The van der Waals surface area contributed by atoms with Crippen LogP contribution in [-0.4, -0.2) is 13.7 Å². The molecule has 5 aromatic rings. The van der Waals surface area contributed by atoms with Crippen LogP contribution >= 0.6 is 48.8 Å². The zero-order valence-electron chi connectivity index (χ0n) is 19.4. The van der Waals surface area contributed by atoms with E-state index in [1.165, 1.54) is 0 Å². The van der Waals surface area contributed by atoms with Crippen molar-refractivity contribution < 1.29 is 13.7 Å². The third kappa shape index (κ3) is 5.78. The van der Waals surface area contributed by atoms with Crippen molar-refractivity contribution in [1.29, 1.82) is 0 Å². The Labute approximate surface area is 234 Å². The van der Waals surface area contributed by atoms with Gasteiger partial charge in [0.2, 0.25) is 0 Å². The Kier molecular flexibility index (Phi) is 8.32. The molecule has 0 saturated carbocycles. The lowest BCUT2D eigenvalue weighted by molar-refractivity contribution is 0.663. The fraction of sp³-hybridized carbons (Fsp3) is 0. The molecule has 37 heavy (non-hydrogen) atoms. The smallest absolute Gasteiger partial charge is 0.0351 e. The van der Waals surface area contributed by atoms with Crippen molar-refractivity contribution in [3.8, 4) is 44.5 Å². The highest BCUT2D eigenvalue weighted by molar-refractivity contribution is 7.94. The van der Waals surface area contributed by atoms with E-state index in [9.17, 15) is 13.7 Å². The molecular weight excluding hydrogens is 537 g/mol. The van der Waals surface area contributed by atoms with Crippen LogP contribution in [0.1, 0.15) is 0 Å². The summed E-state index contributed by atoms with van der Waals surface area (Å²) in [7, 11) is 0. The second-order valence-electron chi connectivity index (χ2n) is 8.34. The van der Waals surface area contributed by atoms with Gasteiger partial charge in [0, 0.05) is 55.7 Å². The summed E-state index contributed by atoms with van der Waals surface area (Å²) in [6.07, 6.45) is 0. The summed E-state index contributed by atoms with van der Waals surface area (Å²) in [6.45, 7) is 0. The van der Waals surface area contributed by atoms with Gasteiger partial charge in [0.1, 0.15) is 0 Å². The lowest BCUT2D eigenvalue weighted by Crippen LogP contribution is -1.93. The molecule has 0 spiro atoms. The summed E-state index contributed by atoms with van der Waals surface area (Å²) in [5.74, 6) is 0. The van der Waals surface area contributed by atoms with E-state index >= 15 is 0 Å². The molecular formula is C30H22O3S4. The van der Waals surface area contributed by atoms with Gasteiger partial charge in [-0.2, -0.15) is 0 Å². The Balaban J connectivity index is 1.79. The summed E-state index contributed by atoms with van der Waals surface area (Å²) >= 11 is 6.66. The molecule has 3 nitrogen and oxygen atoms in total. The quantitative estimate of drug-likeness (QED) is 0.118. The van der Waals surface area contributed by atoms with Crippen LogP contribution in [0.25, 0.3) is 44.5 Å². The topological polar surface area (TPSA) is 60.7 Å². The van der Waals surface area contributed by atoms with Gasteiger partial charge in [-0.3, -0.25) is 0 Å². The van der Waals surface area contributed by atoms with E-state index in [0.717, 1.165) is 100 Å². The summed E-state index contributed by atoms with van der Waals surface area (Å²) in [6, 6.07) is 36.1. The van der Waals surface area contributed by atoms with Gasteiger partial charge in [-0.15, -0.1) is 12.6 Å². The molecule has 0 amide bonds. The molecule has 0 saturated heterocycles. The third-order valence-corrected chi connectivity index (χ3v) is 7.90. The molecule has 0 heterocycles. The van der Waals surface area contributed by atoms with Gasteiger partial charge in [0.25, 0.3) is 0 Å². The number of hydrogen-bond donors (Lipinski definition) is 4. The normalized spacial score (nSPS) is 11.0. The lowest BCUT2D eigenvalue weighted by atomic mass is 9.85. The van der Waals surface area contributed by atoms with Gasteiger partial charge in [-0.25, -0.2) is 0 Å². The fourth-order valence-electron chi connectivity index (χ4n) is 4.28. The molecule has 0 atom stereocenters.